The third kappa shape index (κ3) is 4.82. The molecule has 1 aliphatic heterocycles. The van der Waals surface area contributed by atoms with Crippen molar-refractivity contribution in [3.05, 3.63) is 42.2 Å². The number of carbonyl (C=O) groups excluding carboxylic acids is 1. The molecule has 0 atom stereocenters. The van der Waals surface area contributed by atoms with Crippen LogP contribution in [0.3, 0.4) is 0 Å². The van der Waals surface area contributed by atoms with Gasteiger partial charge in [-0.15, -0.1) is 5.10 Å². The van der Waals surface area contributed by atoms with E-state index < -0.39 is 11.7 Å². The molecule has 4 N–H and O–H groups in total. The minimum atomic E-state index is -0.604. The van der Waals surface area contributed by atoms with Crippen LogP contribution in [0, 0.1) is 5.82 Å². The number of pyridine rings is 1. The highest BCUT2D eigenvalue weighted by Gasteiger charge is 2.38. The van der Waals surface area contributed by atoms with Gasteiger partial charge in [-0.1, -0.05) is 0 Å². The third-order valence-electron chi connectivity index (χ3n) is 6.20. The standard InChI is InChI=1S/C24H31FN8O/c1-23(2)10-15(11-24(3,4)32-23)29-20-9-18(28-14-5-6-14)21-27-13-19(33(21)31-20)22(34)30-17-7-8-26-12-16(17)25/h7-9,12-15,28,32H,5-6,10-11H2,1-4H3,(H,29,31)(H,26,30,34). The summed E-state index contributed by atoms with van der Waals surface area (Å²) in [7, 11) is 0. The average molecular weight is 467 g/mol. The second kappa shape index (κ2) is 8.19. The lowest BCUT2D eigenvalue weighted by molar-refractivity contribution is 0.102. The summed E-state index contributed by atoms with van der Waals surface area (Å²) in [5.41, 5.74) is 1.62. The summed E-state index contributed by atoms with van der Waals surface area (Å²) >= 11 is 0. The zero-order valence-corrected chi connectivity index (χ0v) is 19.9. The van der Waals surface area contributed by atoms with Gasteiger partial charge in [-0.3, -0.25) is 9.78 Å². The van der Waals surface area contributed by atoms with E-state index in [2.05, 4.69) is 58.9 Å². The quantitative estimate of drug-likeness (QED) is 0.437. The maximum Gasteiger partial charge on any atom is 0.276 e. The fourth-order valence-corrected chi connectivity index (χ4v) is 5.04. The highest BCUT2D eigenvalue weighted by molar-refractivity contribution is 6.03. The Hall–Kier alpha value is -3.27. The molecule has 0 bridgehead atoms. The summed E-state index contributed by atoms with van der Waals surface area (Å²) in [6.45, 7) is 8.82. The molecule has 1 saturated heterocycles. The molecule has 9 nitrogen and oxygen atoms in total. The van der Waals surface area contributed by atoms with Crippen LogP contribution in [-0.4, -0.2) is 48.7 Å². The van der Waals surface area contributed by atoms with Gasteiger partial charge >= 0.3 is 0 Å². The molecule has 0 radical (unpaired) electrons. The van der Waals surface area contributed by atoms with Crippen LogP contribution in [0.2, 0.25) is 0 Å². The predicted octanol–water partition coefficient (Wildman–Crippen LogP) is 3.81. The summed E-state index contributed by atoms with van der Waals surface area (Å²) < 4.78 is 15.6. The van der Waals surface area contributed by atoms with Crippen LogP contribution in [0.5, 0.6) is 0 Å². The van der Waals surface area contributed by atoms with Crippen LogP contribution < -0.4 is 21.3 Å². The first-order valence-electron chi connectivity index (χ1n) is 11.7. The van der Waals surface area contributed by atoms with Crippen LogP contribution in [0.4, 0.5) is 21.6 Å². The van der Waals surface area contributed by atoms with E-state index in [1.54, 1.807) is 0 Å². The third-order valence-corrected chi connectivity index (χ3v) is 6.20. The molecule has 1 amide bonds. The number of imidazole rings is 1. The Morgan fingerprint density at radius 1 is 1.09 bits per heavy atom. The summed E-state index contributed by atoms with van der Waals surface area (Å²) in [5, 5.41) is 18.1. The largest absolute Gasteiger partial charge is 0.379 e. The van der Waals surface area contributed by atoms with Crippen molar-refractivity contribution in [2.75, 3.05) is 16.0 Å². The Morgan fingerprint density at radius 2 is 1.82 bits per heavy atom. The molecule has 1 saturated carbocycles. The van der Waals surface area contributed by atoms with Crippen LogP contribution in [-0.2, 0) is 0 Å². The molecule has 0 spiro atoms. The molecule has 3 aromatic heterocycles. The number of fused-ring (bicyclic) bond motifs is 1. The van der Waals surface area contributed by atoms with E-state index in [0.29, 0.717) is 17.5 Å². The lowest BCUT2D eigenvalue weighted by Gasteiger charge is -2.46. The molecular weight excluding hydrogens is 435 g/mol. The molecule has 0 aromatic carbocycles. The van der Waals surface area contributed by atoms with Crippen molar-refractivity contribution in [3.8, 4) is 0 Å². The zero-order valence-electron chi connectivity index (χ0n) is 19.9. The van der Waals surface area contributed by atoms with E-state index in [4.69, 9.17) is 5.10 Å². The first-order valence-corrected chi connectivity index (χ1v) is 11.7. The lowest BCUT2D eigenvalue weighted by atomic mass is 9.79. The Bertz CT molecular complexity index is 1220. The number of halogens is 1. The number of rotatable bonds is 6. The van der Waals surface area contributed by atoms with Gasteiger partial charge in [0.25, 0.3) is 5.91 Å². The zero-order chi connectivity index (χ0) is 24.1. The number of nitrogens with zero attached hydrogens (tertiary/aromatic N) is 4. The van der Waals surface area contributed by atoms with Gasteiger partial charge in [0.2, 0.25) is 0 Å². The van der Waals surface area contributed by atoms with E-state index in [0.717, 1.165) is 37.6 Å². The maximum absolute atomic E-state index is 14.0. The molecule has 34 heavy (non-hydrogen) atoms. The SMILES string of the molecule is CC1(C)CC(Nc2cc(NC3CC3)c3ncc(C(=O)Nc4ccncc4F)n3n2)CC(C)(C)N1. The van der Waals surface area contributed by atoms with Crippen LogP contribution in [0.15, 0.2) is 30.7 Å². The number of nitrogens with one attached hydrogen (secondary N) is 4. The van der Waals surface area contributed by atoms with E-state index in [1.807, 2.05) is 6.07 Å². The smallest absolute Gasteiger partial charge is 0.276 e. The summed E-state index contributed by atoms with van der Waals surface area (Å²) in [6, 6.07) is 3.98. The minimum absolute atomic E-state index is 0.0206. The van der Waals surface area contributed by atoms with Crippen molar-refractivity contribution in [1.82, 2.24) is 24.9 Å². The summed E-state index contributed by atoms with van der Waals surface area (Å²) in [4.78, 5) is 21.2. The van der Waals surface area contributed by atoms with Gasteiger partial charge in [0, 0.05) is 35.4 Å². The molecule has 4 heterocycles. The Morgan fingerprint density at radius 3 is 2.50 bits per heavy atom. The molecule has 180 valence electrons. The fourth-order valence-electron chi connectivity index (χ4n) is 5.04. The van der Waals surface area contributed by atoms with Crippen molar-refractivity contribution in [2.24, 2.45) is 0 Å². The molecule has 3 aromatic rings. The highest BCUT2D eigenvalue weighted by Crippen LogP contribution is 2.32. The van der Waals surface area contributed by atoms with Crippen molar-refractivity contribution in [1.29, 1.82) is 0 Å². The van der Waals surface area contributed by atoms with Crippen molar-refractivity contribution >= 4 is 28.7 Å². The van der Waals surface area contributed by atoms with E-state index in [9.17, 15) is 9.18 Å². The van der Waals surface area contributed by atoms with Gasteiger partial charge in [0.1, 0.15) is 5.82 Å². The maximum atomic E-state index is 14.0. The monoisotopic (exact) mass is 466 g/mol. The van der Waals surface area contributed by atoms with Gasteiger partial charge in [-0.2, -0.15) is 0 Å². The summed E-state index contributed by atoms with van der Waals surface area (Å²) in [5.74, 6) is -0.438. The molecule has 0 unspecified atom stereocenters. The second-order valence-corrected chi connectivity index (χ2v) is 10.7. The minimum Gasteiger partial charge on any atom is -0.379 e. The van der Waals surface area contributed by atoms with Gasteiger partial charge in [0.05, 0.1) is 23.8 Å². The Balaban J connectivity index is 1.48. The van der Waals surface area contributed by atoms with E-state index in [-0.39, 0.29) is 28.5 Å². The number of piperidine rings is 1. The Labute approximate surface area is 197 Å². The number of hydrogen-bond donors (Lipinski definition) is 4. The molecule has 2 fully saturated rings. The first kappa shape index (κ1) is 22.5. The number of hydrogen-bond acceptors (Lipinski definition) is 7. The molecule has 1 aliphatic carbocycles. The second-order valence-electron chi connectivity index (χ2n) is 10.7. The molecular formula is C24H31FN8O. The molecule has 2 aliphatic rings. The van der Waals surface area contributed by atoms with Crippen molar-refractivity contribution in [3.63, 3.8) is 0 Å². The van der Waals surface area contributed by atoms with E-state index >= 15 is 0 Å². The summed E-state index contributed by atoms with van der Waals surface area (Å²) in [6.07, 6.45) is 8.01. The Kier molecular flexibility index (Phi) is 5.43. The van der Waals surface area contributed by atoms with Gasteiger partial charge in [-0.05, 0) is 59.4 Å². The first-order chi connectivity index (χ1) is 16.1. The average Bonchev–Trinajstić information content (AvgIpc) is 3.43. The lowest BCUT2D eigenvalue weighted by Crippen LogP contribution is -2.60. The van der Waals surface area contributed by atoms with Gasteiger partial charge in [0.15, 0.2) is 17.2 Å². The number of anilines is 3. The number of aromatic nitrogens is 4. The fraction of sp³-hybridized carbons (Fsp3) is 0.500. The normalized spacial score (nSPS) is 19.7. The topological polar surface area (TPSA) is 108 Å². The highest BCUT2D eigenvalue weighted by atomic mass is 19.1. The van der Waals surface area contributed by atoms with Gasteiger partial charge in [-0.25, -0.2) is 13.9 Å². The molecule has 10 heteroatoms. The van der Waals surface area contributed by atoms with Crippen LogP contribution in [0.25, 0.3) is 5.65 Å². The van der Waals surface area contributed by atoms with E-state index in [1.165, 1.54) is 23.0 Å². The predicted molar refractivity (Wildman–Crippen MR) is 130 cm³/mol. The van der Waals surface area contributed by atoms with Crippen molar-refractivity contribution in [2.45, 2.75) is 76.5 Å². The number of amides is 1. The van der Waals surface area contributed by atoms with Crippen molar-refractivity contribution < 1.29 is 9.18 Å². The van der Waals surface area contributed by atoms with Gasteiger partial charge < -0.3 is 21.3 Å². The number of carbonyl (C=O) groups is 1. The van der Waals surface area contributed by atoms with Crippen LogP contribution in [0.1, 0.15) is 63.9 Å². The van der Waals surface area contributed by atoms with Crippen LogP contribution >= 0.6 is 0 Å². The molecule has 5 rings (SSSR count).